The lowest BCUT2D eigenvalue weighted by Gasteiger charge is -2.13. The van der Waals surface area contributed by atoms with Gasteiger partial charge < -0.3 is 9.32 Å². The number of aromatic nitrogens is 1. The summed E-state index contributed by atoms with van der Waals surface area (Å²) in [5.41, 5.74) is -0.417. The maximum atomic E-state index is 13.1. The van der Waals surface area contributed by atoms with Crippen molar-refractivity contribution < 1.29 is 18.9 Å². The van der Waals surface area contributed by atoms with Crippen molar-refractivity contribution in [2.24, 2.45) is 5.41 Å². The van der Waals surface area contributed by atoms with Gasteiger partial charge in [0.2, 0.25) is 5.91 Å². The minimum atomic E-state index is -0.638. The fourth-order valence-electron chi connectivity index (χ4n) is 2.86. The number of hydrogen-bond acceptors (Lipinski definition) is 7. The number of amides is 1. The van der Waals surface area contributed by atoms with E-state index in [4.69, 9.17) is 4.42 Å². The topological polar surface area (TPSA) is 116 Å². The molecule has 0 N–H and O–H groups in total. The maximum Gasteiger partial charge on any atom is 0.269 e. The smallest absolute Gasteiger partial charge is 0.269 e. The van der Waals surface area contributed by atoms with Gasteiger partial charge in [0.25, 0.3) is 11.2 Å². The fraction of sp³-hybridized carbons (Fsp3) is 0.292. The number of likely N-dealkylation sites (N-methyl/N-ethyl adjacent to an activating group) is 1. The molecule has 0 aliphatic heterocycles. The van der Waals surface area contributed by atoms with Crippen LogP contribution in [0.1, 0.15) is 26.5 Å². The van der Waals surface area contributed by atoms with Crippen LogP contribution in [0.2, 0.25) is 0 Å². The molecule has 1 aromatic carbocycles. The fourth-order valence-corrected chi connectivity index (χ4v) is 3.88. The van der Waals surface area contributed by atoms with Crippen LogP contribution in [0.25, 0.3) is 23.5 Å². The van der Waals surface area contributed by atoms with E-state index in [-0.39, 0.29) is 23.9 Å². The van der Waals surface area contributed by atoms with Crippen LogP contribution in [0, 0.1) is 15.5 Å². The number of nitro groups is 1. The molecule has 0 radical (unpaired) electrons. The molecule has 2 heterocycles. The lowest BCUT2D eigenvalue weighted by Crippen LogP contribution is -2.38. The van der Waals surface area contributed by atoms with Gasteiger partial charge in [0, 0.05) is 49.4 Å². The predicted octanol–water partition coefficient (Wildman–Crippen LogP) is 2.39. The third-order valence-corrected chi connectivity index (χ3v) is 6.04. The molecule has 3 aromatic rings. The molecule has 0 fully saturated rings. The highest BCUT2D eigenvalue weighted by molar-refractivity contribution is 7.07. The van der Waals surface area contributed by atoms with Crippen molar-refractivity contribution in [3.63, 3.8) is 0 Å². The van der Waals surface area contributed by atoms with E-state index >= 15 is 0 Å². The Labute approximate surface area is 199 Å². The minimum absolute atomic E-state index is 0.0258. The molecule has 0 spiro atoms. The van der Waals surface area contributed by atoms with E-state index in [0.717, 1.165) is 11.3 Å². The van der Waals surface area contributed by atoms with Crippen molar-refractivity contribution >= 4 is 40.9 Å². The molecule has 3 rings (SSSR count). The molecule has 10 heteroatoms. The molecule has 178 valence electrons. The second-order valence-corrected chi connectivity index (χ2v) is 9.96. The van der Waals surface area contributed by atoms with E-state index in [0.29, 0.717) is 26.3 Å². The van der Waals surface area contributed by atoms with Crippen molar-refractivity contribution in [2.75, 3.05) is 14.1 Å². The maximum absolute atomic E-state index is 13.1. The molecular formula is C24H25N3O6S. The number of Topliss-reactive ketones (excluding diaryl/α,β-unsaturated/α-hetero) is 1. The van der Waals surface area contributed by atoms with E-state index in [9.17, 15) is 24.5 Å². The first kappa shape index (κ1) is 24.8. The van der Waals surface area contributed by atoms with Crippen LogP contribution in [0.4, 0.5) is 5.69 Å². The summed E-state index contributed by atoms with van der Waals surface area (Å²) in [5.74, 6) is 0.439. The van der Waals surface area contributed by atoms with Crippen molar-refractivity contribution in [3.8, 4) is 11.3 Å². The van der Waals surface area contributed by atoms with E-state index in [1.807, 2.05) is 0 Å². The van der Waals surface area contributed by atoms with Crippen molar-refractivity contribution in [2.45, 2.75) is 27.3 Å². The van der Waals surface area contributed by atoms with Gasteiger partial charge in [-0.05, 0) is 24.3 Å². The summed E-state index contributed by atoms with van der Waals surface area (Å²) in [6.07, 6.45) is 2.95. The van der Waals surface area contributed by atoms with Crippen LogP contribution >= 0.6 is 11.3 Å². The molecule has 0 saturated carbocycles. The zero-order chi connectivity index (χ0) is 25.2. The number of non-ortho nitro benzene ring substituents is 1. The molecule has 0 aliphatic rings. The van der Waals surface area contributed by atoms with Crippen molar-refractivity contribution in [1.82, 2.24) is 9.47 Å². The number of nitrogens with zero attached hydrogens (tertiary/aromatic N) is 3. The minimum Gasteiger partial charge on any atom is -0.457 e. The number of carbonyl (C=O) groups is 2. The Hall–Kier alpha value is -3.79. The Bertz CT molecular complexity index is 1420. The molecular weight excluding hydrogens is 458 g/mol. The largest absolute Gasteiger partial charge is 0.457 e. The standard InChI is InChI=1S/C24H25N3O6S/c1-24(2,3)20(28)13-22-26(14-21(29)25(4)5)23(30)19(34-22)12-17-10-11-18(33-17)15-6-8-16(9-7-15)27(31)32/h6-13H,14H2,1-5H3. The third kappa shape index (κ3) is 5.57. The van der Waals surface area contributed by atoms with Crippen LogP contribution in [0.5, 0.6) is 0 Å². The van der Waals surface area contributed by atoms with Gasteiger partial charge >= 0.3 is 0 Å². The van der Waals surface area contributed by atoms with Crippen molar-refractivity contribution in [1.29, 1.82) is 0 Å². The van der Waals surface area contributed by atoms with Gasteiger partial charge in [0.1, 0.15) is 22.7 Å². The van der Waals surface area contributed by atoms with Crippen LogP contribution in [-0.2, 0) is 16.1 Å². The molecule has 9 nitrogen and oxygen atoms in total. The molecule has 0 unspecified atom stereocenters. The molecule has 0 saturated heterocycles. The van der Waals surface area contributed by atoms with Gasteiger partial charge in [-0.2, -0.15) is 0 Å². The second kappa shape index (κ2) is 9.60. The molecule has 0 aliphatic carbocycles. The molecule has 0 atom stereocenters. The first-order valence-corrected chi connectivity index (χ1v) is 11.2. The third-order valence-electron chi connectivity index (χ3n) is 4.99. The summed E-state index contributed by atoms with van der Waals surface area (Å²) in [4.78, 5) is 49.7. The number of benzene rings is 1. The quantitative estimate of drug-likeness (QED) is 0.393. The Kier molecular flexibility index (Phi) is 7.01. The zero-order valence-electron chi connectivity index (χ0n) is 19.5. The Balaban J connectivity index is 2.06. The molecule has 2 aromatic heterocycles. The van der Waals surface area contributed by atoms with Gasteiger partial charge in [0.15, 0.2) is 5.78 Å². The van der Waals surface area contributed by atoms with Gasteiger partial charge in [-0.1, -0.05) is 20.8 Å². The summed E-state index contributed by atoms with van der Waals surface area (Å²) >= 11 is 1.10. The summed E-state index contributed by atoms with van der Waals surface area (Å²) in [6.45, 7) is 5.15. The number of furan rings is 1. The Morgan fingerprint density at radius 2 is 1.79 bits per heavy atom. The number of rotatable bonds is 6. The van der Waals surface area contributed by atoms with Gasteiger partial charge in [-0.25, -0.2) is 0 Å². The lowest BCUT2D eigenvalue weighted by molar-refractivity contribution is -0.384. The second-order valence-electron chi connectivity index (χ2n) is 8.89. The van der Waals surface area contributed by atoms with Gasteiger partial charge in [0.05, 0.1) is 9.46 Å². The van der Waals surface area contributed by atoms with E-state index < -0.39 is 15.9 Å². The van der Waals surface area contributed by atoms with Crippen LogP contribution < -0.4 is 14.8 Å². The number of thiazole rings is 1. The summed E-state index contributed by atoms with van der Waals surface area (Å²) in [6, 6.07) is 9.30. The number of nitro benzene ring substituents is 1. The van der Waals surface area contributed by atoms with Crippen LogP contribution in [0.15, 0.2) is 45.6 Å². The van der Waals surface area contributed by atoms with Crippen LogP contribution in [0.3, 0.4) is 0 Å². The first-order chi connectivity index (χ1) is 15.9. The SMILES string of the molecule is CN(C)C(=O)Cn1c(=CC(=O)C(C)(C)C)sc(=Cc2ccc(-c3ccc([N+](=O)[O-])cc3)o2)c1=O. The van der Waals surface area contributed by atoms with Crippen LogP contribution in [-0.4, -0.2) is 40.2 Å². The normalized spacial score (nSPS) is 12.7. The molecule has 0 bridgehead atoms. The monoisotopic (exact) mass is 483 g/mol. The zero-order valence-corrected chi connectivity index (χ0v) is 20.3. The average molecular weight is 484 g/mol. The summed E-state index contributed by atoms with van der Waals surface area (Å²) in [7, 11) is 3.19. The molecule has 34 heavy (non-hydrogen) atoms. The average Bonchev–Trinajstić information content (AvgIpc) is 3.33. The van der Waals surface area contributed by atoms with Gasteiger partial charge in [-0.3, -0.25) is 29.1 Å². The summed E-state index contributed by atoms with van der Waals surface area (Å²) in [5, 5.41) is 10.8. The van der Waals surface area contributed by atoms with E-state index in [2.05, 4.69) is 0 Å². The molecule has 1 amide bonds. The van der Waals surface area contributed by atoms with E-state index in [1.54, 1.807) is 65.2 Å². The number of carbonyl (C=O) groups excluding carboxylic acids is 2. The highest BCUT2D eigenvalue weighted by Crippen LogP contribution is 2.24. The number of hydrogen-bond donors (Lipinski definition) is 0. The predicted molar refractivity (Wildman–Crippen MR) is 130 cm³/mol. The Morgan fingerprint density at radius 1 is 1.15 bits per heavy atom. The van der Waals surface area contributed by atoms with Crippen molar-refractivity contribution in [3.05, 3.63) is 71.8 Å². The van der Waals surface area contributed by atoms with E-state index in [1.165, 1.54) is 27.7 Å². The Morgan fingerprint density at radius 3 is 2.35 bits per heavy atom. The van der Waals surface area contributed by atoms with Gasteiger partial charge in [-0.15, -0.1) is 11.3 Å². The highest BCUT2D eigenvalue weighted by Gasteiger charge is 2.20. The first-order valence-electron chi connectivity index (χ1n) is 10.4. The lowest BCUT2D eigenvalue weighted by atomic mass is 9.91. The highest BCUT2D eigenvalue weighted by atomic mass is 32.1. The number of ketones is 1. The summed E-state index contributed by atoms with van der Waals surface area (Å²) < 4.78 is 7.80.